The molecule has 0 saturated carbocycles. The fourth-order valence-corrected chi connectivity index (χ4v) is 1.40. The molecule has 4 N–H and O–H groups in total. The summed E-state index contributed by atoms with van der Waals surface area (Å²) in [6.45, 7) is 2.85. The van der Waals surface area contributed by atoms with Gasteiger partial charge >= 0.3 is 0 Å². The van der Waals surface area contributed by atoms with Gasteiger partial charge < -0.3 is 25.7 Å². The van der Waals surface area contributed by atoms with E-state index in [1.807, 2.05) is 6.92 Å². The first-order valence-electron chi connectivity index (χ1n) is 4.16. The number of hydrogen-bond donors (Lipinski definition) is 3. The van der Waals surface area contributed by atoms with Crippen molar-refractivity contribution < 1.29 is 15.1 Å². The Hall–Kier alpha value is -1.01. The largest absolute Gasteiger partial charge is 0.408 e. The number of oxime groups is 1. The number of ether oxygens (including phenoxy) is 1. The van der Waals surface area contributed by atoms with Crippen LogP contribution in [0.15, 0.2) is 5.16 Å². The van der Waals surface area contributed by atoms with Gasteiger partial charge in [-0.15, -0.1) is 0 Å². The summed E-state index contributed by atoms with van der Waals surface area (Å²) in [4.78, 5) is 1.68. The van der Waals surface area contributed by atoms with E-state index in [0.717, 1.165) is 0 Å². The Labute approximate surface area is 76.6 Å². The second-order valence-corrected chi connectivity index (χ2v) is 3.11. The molecule has 0 radical (unpaired) electrons. The van der Waals surface area contributed by atoms with Gasteiger partial charge in [-0.05, 0) is 6.92 Å². The van der Waals surface area contributed by atoms with E-state index in [4.69, 9.17) is 20.8 Å². The predicted octanol–water partition coefficient (Wildman–Crippen LogP) is -1.23. The maximum atomic E-state index is 8.89. The van der Waals surface area contributed by atoms with Gasteiger partial charge in [0, 0.05) is 13.1 Å². The summed E-state index contributed by atoms with van der Waals surface area (Å²) in [6.07, 6.45) is -0.282. The number of nitrogens with zero attached hydrogens (tertiary/aromatic N) is 2. The zero-order valence-electron chi connectivity index (χ0n) is 7.55. The topological polar surface area (TPSA) is 91.3 Å². The van der Waals surface area contributed by atoms with Crippen molar-refractivity contribution in [1.82, 2.24) is 4.90 Å². The monoisotopic (exact) mass is 189 g/mol. The maximum Gasteiger partial charge on any atom is 0.233 e. The van der Waals surface area contributed by atoms with E-state index in [1.165, 1.54) is 0 Å². The lowest BCUT2D eigenvalue weighted by molar-refractivity contribution is -0.0792. The summed E-state index contributed by atoms with van der Waals surface area (Å²) in [5.74, 6) is 0.0635. The molecule has 6 nitrogen and oxygen atoms in total. The van der Waals surface area contributed by atoms with Gasteiger partial charge in [0.05, 0.1) is 18.8 Å². The first kappa shape index (κ1) is 10.1. The molecule has 76 valence electrons. The molecule has 0 aromatic rings. The van der Waals surface area contributed by atoms with Crippen molar-refractivity contribution in [3.63, 3.8) is 0 Å². The Bertz CT molecular complexity index is 197. The number of nitrogens with two attached hydrogens (primary N) is 1. The Morgan fingerprint density at radius 2 is 2.38 bits per heavy atom. The molecule has 6 heteroatoms. The second kappa shape index (κ2) is 4.29. The summed E-state index contributed by atoms with van der Waals surface area (Å²) in [7, 11) is 0. The third-order valence-electron chi connectivity index (χ3n) is 1.96. The number of guanidine groups is 1. The van der Waals surface area contributed by atoms with Gasteiger partial charge in [-0.25, -0.2) is 0 Å². The van der Waals surface area contributed by atoms with Crippen LogP contribution in [0.4, 0.5) is 0 Å². The molecule has 13 heavy (non-hydrogen) atoms. The summed E-state index contributed by atoms with van der Waals surface area (Å²) in [6, 6.07) is 0. The molecular formula is C7H15N3O3. The molecule has 1 heterocycles. The van der Waals surface area contributed by atoms with Crippen LogP contribution in [0, 0.1) is 0 Å². The molecule has 1 rings (SSSR count). The van der Waals surface area contributed by atoms with Crippen molar-refractivity contribution in [2.24, 2.45) is 10.9 Å². The molecule has 2 unspecified atom stereocenters. The van der Waals surface area contributed by atoms with Gasteiger partial charge in [0.1, 0.15) is 0 Å². The van der Waals surface area contributed by atoms with Crippen molar-refractivity contribution in [2.45, 2.75) is 19.1 Å². The Morgan fingerprint density at radius 3 is 2.92 bits per heavy atom. The minimum absolute atomic E-state index is 0.0220. The van der Waals surface area contributed by atoms with Crippen LogP contribution in [0.25, 0.3) is 0 Å². The normalized spacial score (nSPS) is 30.6. The molecule has 0 aliphatic carbocycles. The average Bonchev–Trinajstić information content (AvgIpc) is 2.15. The molecule has 1 aliphatic heterocycles. The summed E-state index contributed by atoms with van der Waals surface area (Å²) < 4.78 is 5.38. The molecule has 1 saturated heterocycles. The Kier molecular flexibility index (Phi) is 3.32. The minimum Gasteiger partial charge on any atom is -0.408 e. The lowest BCUT2D eigenvalue weighted by atomic mass is 10.2. The van der Waals surface area contributed by atoms with Gasteiger partial charge in [-0.1, -0.05) is 5.16 Å². The fourth-order valence-electron chi connectivity index (χ4n) is 1.40. The van der Waals surface area contributed by atoms with E-state index in [0.29, 0.717) is 13.1 Å². The van der Waals surface area contributed by atoms with Crippen LogP contribution in [-0.2, 0) is 4.74 Å². The van der Waals surface area contributed by atoms with Crippen LogP contribution >= 0.6 is 0 Å². The number of aliphatic hydroxyl groups is 1. The van der Waals surface area contributed by atoms with Crippen LogP contribution in [0.1, 0.15) is 6.92 Å². The highest BCUT2D eigenvalue weighted by atomic mass is 16.5. The number of hydrogen-bond acceptors (Lipinski definition) is 4. The molecule has 0 aromatic carbocycles. The van der Waals surface area contributed by atoms with E-state index in [9.17, 15) is 0 Å². The number of aliphatic hydroxyl groups excluding tert-OH is 1. The van der Waals surface area contributed by atoms with Crippen molar-refractivity contribution in [2.75, 3.05) is 19.7 Å². The van der Waals surface area contributed by atoms with Gasteiger partial charge in [0.25, 0.3) is 0 Å². The maximum absolute atomic E-state index is 8.89. The highest BCUT2D eigenvalue weighted by Crippen LogP contribution is 2.09. The van der Waals surface area contributed by atoms with E-state index in [2.05, 4.69) is 5.16 Å². The van der Waals surface area contributed by atoms with E-state index in [1.54, 1.807) is 4.90 Å². The quantitative estimate of drug-likeness (QED) is 0.208. The molecule has 2 atom stereocenters. The summed E-state index contributed by atoms with van der Waals surface area (Å²) >= 11 is 0. The first-order chi connectivity index (χ1) is 6.17. The van der Waals surface area contributed by atoms with Crippen LogP contribution < -0.4 is 5.73 Å². The van der Waals surface area contributed by atoms with E-state index in [-0.39, 0.29) is 24.8 Å². The Morgan fingerprint density at radius 1 is 1.69 bits per heavy atom. The second-order valence-electron chi connectivity index (χ2n) is 3.11. The predicted molar refractivity (Wildman–Crippen MR) is 46.4 cm³/mol. The minimum atomic E-state index is -0.260. The Balaban J connectivity index is 2.56. The SMILES string of the molecule is CC1CN(C(N)=NO)CC(CO)O1. The molecular weight excluding hydrogens is 174 g/mol. The van der Waals surface area contributed by atoms with Gasteiger partial charge in [0.2, 0.25) is 5.96 Å². The molecule has 0 aromatic heterocycles. The lowest BCUT2D eigenvalue weighted by Gasteiger charge is -2.36. The van der Waals surface area contributed by atoms with Crippen molar-refractivity contribution in [1.29, 1.82) is 0 Å². The third-order valence-corrected chi connectivity index (χ3v) is 1.96. The van der Waals surface area contributed by atoms with Crippen LogP contribution in [-0.4, -0.2) is 53.1 Å². The summed E-state index contributed by atoms with van der Waals surface area (Å²) in [5.41, 5.74) is 5.42. The number of rotatable bonds is 1. The van der Waals surface area contributed by atoms with Gasteiger partial charge in [-0.2, -0.15) is 0 Å². The van der Waals surface area contributed by atoms with Crippen LogP contribution in [0.2, 0.25) is 0 Å². The van der Waals surface area contributed by atoms with Crippen LogP contribution in [0.3, 0.4) is 0 Å². The lowest BCUT2D eigenvalue weighted by Crippen LogP contribution is -2.52. The molecule has 1 fully saturated rings. The van der Waals surface area contributed by atoms with Crippen molar-refractivity contribution in [3.05, 3.63) is 0 Å². The van der Waals surface area contributed by atoms with Crippen molar-refractivity contribution >= 4 is 5.96 Å². The zero-order chi connectivity index (χ0) is 9.84. The molecule has 1 aliphatic rings. The highest BCUT2D eigenvalue weighted by Gasteiger charge is 2.25. The third kappa shape index (κ3) is 2.46. The molecule has 0 spiro atoms. The molecule has 0 bridgehead atoms. The summed E-state index contributed by atoms with van der Waals surface area (Å²) in [5, 5.41) is 20.2. The van der Waals surface area contributed by atoms with E-state index < -0.39 is 0 Å². The highest BCUT2D eigenvalue weighted by molar-refractivity contribution is 5.77. The number of morpholine rings is 1. The van der Waals surface area contributed by atoms with Gasteiger partial charge in [0.15, 0.2) is 0 Å². The average molecular weight is 189 g/mol. The van der Waals surface area contributed by atoms with E-state index >= 15 is 0 Å². The van der Waals surface area contributed by atoms with Crippen LogP contribution in [0.5, 0.6) is 0 Å². The zero-order valence-corrected chi connectivity index (χ0v) is 7.55. The van der Waals surface area contributed by atoms with Crippen molar-refractivity contribution in [3.8, 4) is 0 Å². The first-order valence-corrected chi connectivity index (χ1v) is 4.16. The fraction of sp³-hybridized carbons (Fsp3) is 0.857. The molecule has 0 amide bonds. The van der Waals surface area contributed by atoms with Gasteiger partial charge in [-0.3, -0.25) is 0 Å². The standard InChI is InChI=1S/C7H15N3O3/c1-5-2-10(7(8)9-12)3-6(4-11)13-5/h5-6,11-12H,2-4H2,1H3,(H2,8,9). The smallest absolute Gasteiger partial charge is 0.233 e.